The Morgan fingerprint density at radius 2 is 1.89 bits per heavy atom. The number of halogens is 1. The van der Waals surface area contributed by atoms with E-state index in [1.54, 1.807) is 31.2 Å². The van der Waals surface area contributed by atoms with Crippen LogP contribution >= 0.6 is 15.9 Å². The second-order valence-electron chi connectivity index (χ2n) is 4.17. The van der Waals surface area contributed by atoms with Crippen molar-refractivity contribution in [2.45, 2.75) is 12.5 Å². The Morgan fingerprint density at radius 1 is 1.33 bits per heavy atom. The molecule has 100 valence electrons. The Bertz CT molecular complexity index is 390. The molecule has 1 amide bonds. The number of ether oxygens (including phenoxy) is 1. The van der Waals surface area contributed by atoms with Crippen LogP contribution in [-0.2, 0) is 4.79 Å². The summed E-state index contributed by atoms with van der Waals surface area (Å²) in [6.45, 7) is 0.697. The molecule has 1 aromatic rings. The van der Waals surface area contributed by atoms with Crippen molar-refractivity contribution in [2.75, 3.05) is 19.8 Å². The number of benzene rings is 1. The third-order valence-electron chi connectivity index (χ3n) is 2.32. The lowest BCUT2D eigenvalue weighted by atomic mass is 10.1. The highest BCUT2D eigenvalue weighted by molar-refractivity contribution is 9.10. The van der Waals surface area contributed by atoms with Gasteiger partial charge in [0.1, 0.15) is 5.75 Å². The highest BCUT2D eigenvalue weighted by Gasteiger charge is 2.24. The first-order chi connectivity index (χ1) is 8.49. The van der Waals surface area contributed by atoms with E-state index in [1.165, 1.54) is 0 Å². The van der Waals surface area contributed by atoms with E-state index in [1.807, 2.05) is 0 Å². The van der Waals surface area contributed by atoms with Gasteiger partial charge in [0.2, 0.25) is 0 Å². The maximum atomic E-state index is 11.5. The van der Waals surface area contributed by atoms with Crippen LogP contribution in [0.5, 0.6) is 5.75 Å². The standard InChI is InChI=1S/C12H16BrNO4/c1-12(7-15,8-16)14-11(17)6-18-10-4-2-9(13)3-5-10/h2-5,15-16H,6-8H2,1H3,(H,14,17). The molecule has 0 saturated carbocycles. The molecule has 0 fully saturated rings. The average molecular weight is 318 g/mol. The van der Waals surface area contributed by atoms with Crippen molar-refractivity contribution in [3.63, 3.8) is 0 Å². The fourth-order valence-corrected chi connectivity index (χ4v) is 1.45. The lowest BCUT2D eigenvalue weighted by Gasteiger charge is -2.26. The largest absolute Gasteiger partial charge is 0.484 e. The van der Waals surface area contributed by atoms with E-state index in [9.17, 15) is 4.79 Å². The van der Waals surface area contributed by atoms with Crippen molar-refractivity contribution in [1.29, 1.82) is 0 Å². The lowest BCUT2D eigenvalue weighted by Crippen LogP contribution is -2.53. The molecule has 0 aliphatic rings. The monoisotopic (exact) mass is 317 g/mol. The van der Waals surface area contributed by atoms with Crippen molar-refractivity contribution in [3.05, 3.63) is 28.7 Å². The zero-order valence-electron chi connectivity index (χ0n) is 10.0. The lowest BCUT2D eigenvalue weighted by molar-refractivity contribution is -0.126. The summed E-state index contributed by atoms with van der Waals surface area (Å²) in [4.78, 5) is 11.5. The van der Waals surface area contributed by atoms with Gasteiger partial charge in [-0.25, -0.2) is 0 Å². The molecule has 0 aromatic heterocycles. The van der Waals surface area contributed by atoms with Gasteiger partial charge in [0.15, 0.2) is 6.61 Å². The number of rotatable bonds is 6. The van der Waals surface area contributed by atoms with E-state index >= 15 is 0 Å². The highest BCUT2D eigenvalue weighted by atomic mass is 79.9. The normalized spacial score (nSPS) is 11.1. The number of carbonyl (C=O) groups excluding carboxylic acids is 1. The topological polar surface area (TPSA) is 78.8 Å². The summed E-state index contributed by atoms with van der Waals surface area (Å²) in [5.74, 6) is 0.173. The predicted molar refractivity (Wildman–Crippen MR) is 70.4 cm³/mol. The van der Waals surface area contributed by atoms with Gasteiger partial charge >= 0.3 is 0 Å². The fourth-order valence-electron chi connectivity index (χ4n) is 1.18. The van der Waals surface area contributed by atoms with E-state index in [4.69, 9.17) is 14.9 Å². The molecule has 3 N–H and O–H groups in total. The van der Waals surface area contributed by atoms with Crippen LogP contribution in [0.15, 0.2) is 28.7 Å². The second kappa shape index (κ2) is 6.72. The van der Waals surface area contributed by atoms with Gasteiger partial charge < -0.3 is 20.3 Å². The van der Waals surface area contributed by atoms with Crippen LogP contribution in [0.1, 0.15) is 6.92 Å². The zero-order chi connectivity index (χ0) is 13.6. The van der Waals surface area contributed by atoms with E-state index in [0.29, 0.717) is 5.75 Å². The predicted octanol–water partition coefficient (Wildman–Crippen LogP) is 0.687. The third kappa shape index (κ3) is 4.64. The van der Waals surface area contributed by atoms with Gasteiger partial charge in [-0.3, -0.25) is 4.79 Å². The number of amides is 1. The average Bonchev–Trinajstić information content (AvgIpc) is 2.38. The molecule has 0 heterocycles. The molecule has 0 atom stereocenters. The van der Waals surface area contributed by atoms with E-state index in [0.717, 1.165) is 4.47 Å². The van der Waals surface area contributed by atoms with Gasteiger partial charge in [0.25, 0.3) is 5.91 Å². The minimum absolute atomic E-state index is 0.169. The maximum absolute atomic E-state index is 11.5. The molecular formula is C12H16BrNO4. The summed E-state index contributed by atoms with van der Waals surface area (Å²) in [6.07, 6.45) is 0. The van der Waals surface area contributed by atoms with Crippen LogP contribution < -0.4 is 10.1 Å². The zero-order valence-corrected chi connectivity index (χ0v) is 11.6. The molecule has 0 bridgehead atoms. The minimum Gasteiger partial charge on any atom is -0.484 e. The number of nitrogens with one attached hydrogen (secondary N) is 1. The summed E-state index contributed by atoms with van der Waals surface area (Å²) in [6, 6.07) is 7.07. The molecule has 1 aromatic carbocycles. The summed E-state index contributed by atoms with van der Waals surface area (Å²) in [5.41, 5.74) is -1.03. The Labute approximate surface area is 114 Å². The number of carbonyl (C=O) groups is 1. The Balaban J connectivity index is 2.44. The summed E-state index contributed by atoms with van der Waals surface area (Å²) >= 11 is 3.29. The molecule has 6 heteroatoms. The molecule has 18 heavy (non-hydrogen) atoms. The fraction of sp³-hybridized carbons (Fsp3) is 0.417. The van der Waals surface area contributed by atoms with Crippen LogP contribution in [0.4, 0.5) is 0 Å². The molecule has 0 radical (unpaired) electrons. The second-order valence-corrected chi connectivity index (χ2v) is 5.08. The molecule has 5 nitrogen and oxygen atoms in total. The summed E-state index contributed by atoms with van der Waals surface area (Å²) < 4.78 is 6.19. The van der Waals surface area contributed by atoms with Crippen molar-refractivity contribution in [2.24, 2.45) is 0 Å². The molecule has 1 rings (SSSR count). The first kappa shape index (κ1) is 14.9. The van der Waals surface area contributed by atoms with Gasteiger partial charge in [-0.1, -0.05) is 15.9 Å². The first-order valence-corrected chi connectivity index (χ1v) is 6.19. The molecule has 0 aliphatic carbocycles. The molecule has 0 unspecified atom stereocenters. The van der Waals surface area contributed by atoms with Crippen LogP contribution in [0, 0.1) is 0 Å². The van der Waals surface area contributed by atoms with Crippen LogP contribution in [0.2, 0.25) is 0 Å². The quantitative estimate of drug-likeness (QED) is 0.721. The number of aliphatic hydroxyl groups excluding tert-OH is 2. The van der Waals surface area contributed by atoms with Gasteiger partial charge in [-0.05, 0) is 31.2 Å². The third-order valence-corrected chi connectivity index (χ3v) is 2.85. The maximum Gasteiger partial charge on any atom is 0.258 e. The van der Waals surface area contributed by atoms with Crippen molar-refractivity contribution < 1.29 is 19.7 Å². The van der Waals surface area contributed by atoms with Crippen molar-refractivity contribution >= 4 is 21.8 Å². The van der Waals surface area contributed by atoms with E-state index < -0.39 is 11.4 Å². The van der Waals surface area contributed by atoms with Crippen LogP contribution in [-0.4, -0.2) is 41.5 Å². The van der Waals surface area contributed by atoms with Gasteiger partial charge in [-0.15, -0.1) is 0 Å². The number of hydrogen-bond donors (Lipinski definition) is 3. The molecule has 0 spiro atoms. The van der Waals surface area contributed by atoms with Gasteiger partial charge in [-0.2, -0.15) is 0 Å². The van der Waals surface area contributed by atoms with Crippen molar-refractivity contribution in [3.8, 4) is 5.75 Å². The highest BCUT2D eigenvalue weighted by Crippen LogP contribution is 2.15. The Hall–Kier alpha value is -1.11. The minimum atomic E-state index is -1.03. The smallest absolute Gasteiger partial charge is 0.258 e. The Kier molecular flexibility index (Phi) is 5.58. The Morgan fingerprint density at radius 3 is 2.39 bits per heavy atom. The number of hydrogen-bond acceptors (Lipinski definition) is 4. The van der Waals surface area contributed by atoms with Gasteiger partial charge in [0.05, 0.1) is 18.8 Å². The SMILES string of the molecule is CC(CO)(CO)NC(=O)COc1ccc(Br)cc1. The van der Waals surface area contributed by atoms with Crippen LogP contribution in [0.25, 0.3) is 0 Å². The molecular weight excluding hydrogens is 302 g/mol. The van der Waals surface area contributed by atoms with Crippen LogP contribution in [0.3, 0.4) is 0 Å². The number of aliphatic hydroxyl groups is 2. The molecule has 0 aliphatic heterocycles. The van der Waals surface area contributed by atoms with Gasteiger partial charge in [0, 0.05) is 4.47 Å². The van der Waals surface area contributed by atoms with E-state index in [2.05, 4.69) is 21.2 Å². The first-order valence-electron chi connectivity index (χ1n) is 5.40. The van der Waals surface area contributed by atoms with Crippen molar-refractivity contribution in [1.82, 2.24) is 5.32 Å². The molecule has 0 saturated heterocycles. The summed E-state index contributed by atoms with van der Waals surface area (Å²) in [7, 11) is 0. The van der Waals surface area contributed by atoms with E-state index in [-0.39, 0.29) is 19.8 Å². The summed E-state index contributed by atoms with van der Waals surface area (Å²) in [5, 5.41) is 20.6.